The van der Waals surface area contributed by atoms with Crippen LogP contribution in [-0.2, 0) is 40.3 Å². The number of sulfonamides is 1. The molecule has 2 aliphatic carbocycles. The number of halogens is 2. The summed E-state index contributed by atoms with van der Waals surface area (Å²) in [4.78, 5) is 62.5. The van der Waals surface area contributed by atoms with E-state index >= 15 is 0 Å². The Hall–Kier alpha value is -4.78. The highest BCUT2D eigenvalue weighted by molar-refractivity contribution is 7.91. The molecule has 5 aliphatic rings. The fraction of sp³-hybridized carbons (Fsp3) is 0.634. The summed E-state index contributed by atoms with van der Waals surface area (Å²) >= 11 is 0. The number of alkyl halides is 2. The Kier molecular flexibility index (Phi) is 11.7. The number of carbonyl (C=O) groups excluding carboxylic acids is 4. The number of hydrogen-bond acceptors (Lipinski definition) is 12. The number of nitrogens with zero attached hydrogens (tertiary/aromatic N) is 2. The van der Waals surface area contributed by atoms with Crippen LogP contribution in [0.3, 0.4) is 0 Å². The van der Waals surface area contributed by atoms with Crippen LogP contribution in [0.4, 0.5) is 13.6 Å². The topological polar surface area (TPSA) is 201 Å². The van der Waals surface area contributed by atoms with Gasteiger partial charge in [-0.15, -0.1) is 0 Å². The first-order chi connectivity index (χ1) is 28.3. The van der Waals surface area contributed by atoms with Gasteiger partial charge in [0.05, 0.1) is 37.2 Å². The molecule has 0 unspecified atom stereocenters. The lowest BCUT2D eigenvalue weighted by Crippen LogP contribution is -2.60. The maximum absolute atomic E-state index is 14.8. The fourth-order valence-electron chi connectivity index (χ4n) is 7.99. The summed E-state index contributed by atoms with van der Waals surface area (Å²) in [5.74, 6) is -1.88. The van der Waals surface area contributed by atoms with Gasteiger partial charge in [-0.2, -0.15) is 4.98 Å². The summed E-state index contributed by atoms with van der Waals surface area (Å²) in [6.07, 6.45) is -0.0657. The summed E-state index contributed by atoms with van der Waals surface area (Å²) in [6, 6.07) is 2.53. The second kappa shape index (κ2) is 16.2. The molecule has 19 heteroatoms. The van der Waals surface area contributed by atoms with Gasteiger partial charge in [0.25, 0.3) is 12.3 Å². The Morgan fingerprint density at radius 1 is 1.15 bits per heavy atom. The van der Waals surface area contributed by atoms with Gasteiger partial charge in [-0.05, 0) is 103 Å². The minimum atomic E-state index is -4.08. The maximum atomic E-state index is 14.8. The van der Waals surface area contributed by atoms with E-state index in [0.717, 1.165) is 31.2 Å². The third kappa shape index (κ3) is 8.56. The fourth-order valence-corrected chi connectivity index (χ4v) is 9.30. The number of ether oxygens (including phenoxy) is 5. The molecule has 1 saturated heterocycles. The smallest absolute Gasteiger partial charge is 0.408 e. The molecule has 1 aromatic heterocycles. The van der Waals surface area contributed by atoms with Crippen molar-refractivity contribution in [2.24, 2.45) is 5.92 Å². The van der Waals surface area contributed by atoms with Crippen molar-refractivity contribution >= 4 is 44.6 Å². The minimum absolute atomic E-state index is 0.0986. The number of pyridine rings is 1. The van der Waals surface area contributed by atoms with E-state index in [0.29, 0.717) is 55.7 Å². The van der Waals surface area contributed by atoms with Crippen molar-refractivity contribution in [2.45, 2.75) is 139 Å². The minimum Gasteiger partial charge on any atom is -0.497 e. The number of carbonyl (C=O) groups is 4. The van der Waals surface area contributed by atoms with Crippen LogP contribution >= 0.6 is 0 Å². The zero-order valence-electron chi connectivity index (χ0n) is 34.5. The van der Waals surface area contributed by atoms with Gasteiger partial charge in [0.1, 0.15) is 29.5 Å². The van der Waals surface area contributed by atoms with Gasteiger partial charge in [-0.3, -0.25) is 19.1 Å². The molecule has 7 atom stereocenters. The van der Waals surface area contributed by atoms with Crippen molar-refractivity contribution in [1.29, 1.82) is 0 Å². The number of fused-ring (bicyclic) bond motifs is 5. The zero-order chi connectivity index (χ0) is 43.4. The Bertz CT molecular complexity index is 2180. The summed E-state index contributed by atoms with van der Waals surface area (Å²) in [6.45, 7) is 7.13. The summed E-state index contributed by atoms with van der Waals surface area (Å²) < 4.78 is 84.3. The second-order valence-electron chi connectivity index (χ2n) is 17.3. The standard InChI is InChI=1S/C41H53F2N5O11S/c1-22-10-7-8-11-24-20-41(24,37(51)47-60(53,54)40(5)15-16-40)46-32(49)30-19-26(21-48(30)35(50)31(23(2)57-22)44-38(52)59-39(3,4)36(42)43)58-34-28-14-13-25(55-6)18-29(28)27-12-9-17-56-33(27)45-34/h8,11,13-14,18,22-24,26,30-31,36H,7,9-10,12,15-17,19-21H2,1-6H3,(H,44,52)(H,46,49)(H,47,51)/t22-,23+,24-,26-,30+,31+,41-/m1/s1. The lowest BCUT2D eigenvalue weighted by atomic mass is 10.0. The molecule has 4 amide bonds. The first-order valence-electron chi connectivity index (χ1n) is 20.4. The lowest BCUT2D eigenvalue weighted by molar-refractivity contribution is -0.145. The number of amides is 4. The highest BCUT2D eigenvalue weighted by Crippen LogP contribution is 2.48. The number of allylic oxidation sites excluding steroid dienone is 1. The van der Waals surface area contributed by atoms with Gasteiger partial charge < -0.3 is 39.2 Å². The van der Waals surface area contributed by atoms with E-state index in [1.807, 2.05) is 12.1 Å². The van der Waals surface area contributed by atoms with E-state index in [1.54, 1.807) is 39.2 Å². The zero-order valence-corrected chi connectivity index (χ0v) is 35.4. The largest absolute Gasteiger partial charge is 0.497 e. The van der Waals surface area contributed by atoms with E-state index in [4.69, 9.17) is 28.7 Å². The Balaban J connectivity index is 1.25. The van der Waals surface area contributed by atoms with E-state index in [1.165, 1.54) is 11.8 Å². The molecule has 2 saturated carbocycles. The first kappa shape index (κ1) is 43.3. The van der Waals surface area contributed by atoms with Crippen molar-refractivity contribution in [3.63, 3.8) is 0 Å². The third-order valence-electron chi connectivity index (χ3n) is 12.2. The van der Waals surface area contributed by atoms with Crippen LogP contribution in [0, 0.1) is 5.92 Å². The highest BCUT2D eigenvalue weighted by Gasteiger charge is 2.63. The van der Waals surface area contributed by atoms with Crippen molar-refractivity contribution in [1.82, 2.24) is 25.2 Å². The van der Waals surface area contributed by atoms with E-state index < -0.39 is 92.5 Å². The average molecular weight is 862 g/mol. The number of benzene rings is 1. The molecule has 0 radical (unpaired) electrons. The van der Waals surface area contributed by atoms with Crippen LogP contribution in [0.2, 0.25) is 0 Å². The number of rotatable bonds is 9. The highest BCUT2D eigenvalue weighted by atomic mass is 32.2. The average Bonchev–Trinajstić information content (AvgIpc) is 4.07. The number of hydrogen-bond donors (Lipinski definition) is 3. The molecule has 0 bridgehead atoms. The molecule has 16 nitrogen and oxygen atoms in total. The normalized spacial score (nSPS) is 29.1. The van der Waals surface area contributed by atoms with E-state index in [-0.39, 0.29) is 25.3 Å². The molecular formula is C41H53F2N5O11S. The summed E-state index contributed by atoms with van der Waals surface area (Å²) in [5.41, 5.74) is -2.97. The molecule has 2 aromatic rings. The van der Waals surface area contributed by atoms with E-state index in [9.17, 15) is 36.4 Å². The van der Waals surface area contributed by atoms with Crippen LogP contribution in [-0.4, -0.2) is 115 Å². The van der Waals surface area contributed by atoms with Crippen LogP contribution < -0.4 is 29.6 Å². The van der Waals surface area contributed by atoms with Gasteiger partial charge in [-0.25, -0.2) is 22.0 Å². The number of nitrogens with one attached hydrogen (secondary N) is 3. The van der Waals surface area contributed by atoms with Crippen LogP contribution in [0.25, 0.3) is 10.8 Å². The number of alkyl carbamates (subject to hydrolysis) is 1. The van der Waals surface area contributed by atoms with Crippen molar-refractivity contribution in [3.8, 4) is 17.5 Å². The van der Waals surface area contributed by atoms with Crippen molar-refractivity contribution in [2.75, 3.05) is 20.3 Å². The summed E-state index contributed by atoms with van der Waals surface area (Å²) in [5, 5.41) is 6.67. The Morgan fingerprint density at radius 3 is 2.60 bits per heavy atom. The first-order valence-corrected chi connectivity index (χ1v) is 21.8. The van der Waals surface area contributed by atoms with Gasteiger partial charge in [0, 0.05) is 23.3 Å². The SMILES string of the molecule is COc1ccc2c(O[C@@H]3C[C@H]4C(=O)N[C@]5(C(=O)NS(=O)(=O)C6(C)CC6)C[C@H]5C=CCC[C@@H](C)O[C@@H](C)[C@H](NC(=O)OC(C)(C)C(F)F)C(=O)N4C3)nc3c(c2c1)CCCO3. The van der Waals surface area contributed by atoms with Crippen LogP contribution in [0.1, 0.15) is 85.1 Å². The predicted octanol–water partition coefficient (Wildman–Crippen LogP) is 4.07. The number of aryl methyl sites for hydroxylation is 1. The molecule has 328 valence electrons. The van der Waals surface area contributed by atoms with Gasteiger partial charge in [0.2, 0.25) is 33.6 Å². The molecule has 7 rings (SSSR count). The number of aromatic nitrogens is 1. The third-order valence-corrected chi connectivity index (χ3v) is 14.4. The second-order valence-corrected chi connectivity index (χ2v) is 19.5. The van der Waals surface area contributed by atoms with Gasteiger partial charge in [-0.1, -0.05) is 12.2 Å². The lowest BCUT2D eigenvalue weighted by Gasteiger charge is -2.33. The van der Waals surface area contributed by atoms with Gasteiger partial charge in [0.15, 0.2) is 5.60 Å². The predicted molar refractivity (Wildman–Crippen MR) is 212 cm³/mol. The molecule has 4 heterocycles. The maximum Gasteiger partial charge on any atom is 0.408 e. The van der Waals surface area contributed by atoms with E-state index in [2.05, 4.69) is 15.4 Å². The molecule has 3 aliphatic heterocycles. The Morgan fingerprint density at radius 2 is 1.90 bits per heavy atom. The summed E-state index contributed by atoms with van der Waals surface area (Å²) in [7, 11) is -2.53. The van der Waals surface area contributed by atoms with Crippen LogP contribution in [0.5, 0.6) is 17.5 Å². The van der Waals surface area contributed by atoms with Gasteiger partial charge >= 0.3 is 6.09 Å². The van der Waals surface area contributed by atoms with Crippen LogP contribution in [0.15, 0.2) is 30.4 Å². The monoisotopic (exact) mass is 861 g/mol. The van der Waals surface area contributed by atoms with Crippen molar-refractivity contribution < 1.29 is 60.1 Å². The molecule has 3 N–H and O–H groups in total. The molecule has 1 aromatic carbocycles. The molecular weight excluding hydrogens is 809 g/mol. The number of methoxy groups -OCH3 is 1. The Labute approximate surface area is 347 Å². The van der Waals surface area contributed by atoms with Crippen molar-refractivity contribution in [3.05, 3.63) is 35.9 Å². The molecule has 60 heavy (non-hydrogen) atoms. The quantitative estimate of drug-likeness (QED) is 0.306. The molecule has 3 fully saturated rings. The molecule has 0 spiro atoms.